The van der Waals surface area contributed by atoms with Crippen LogP contribution in [0, 0.1) is 5.41 Å². The minimum absolute atomic E-state index is 0.0950. The number of carbonyl (C=O) groups is 2. The molecule has 0 aromatic heterocycles. The summed E-state index contributed by atoms with van der Waals surface area (Å²) in [6.07, 6.45) is 3.96. The molecule has 4 rings (SSSR count). The van der Waals surface area contributed by atoms with Crippen LogP contribution >= 0.6 is 0 Å². The van der Waals surface area contributed by atoms with Gasteiger partial charge in [0, 0.05) is 24.4 Å². The summed E-state index contributed by atoms with van der Waals surface area (Å²) in [6, 6.07) is 19.5. The molecule has 2 aromatic rings. The molecule has 4 heteroatoms. The average molecular weight is 346 g/mol. The first-order valence-electron chi connectivity index (χ1n) is 9.05. The van der Waals surface area contributed by atoms with Crippen molar-refractivity contribution in [2.24, 2.45) is 5.41 Å². The van der Waals surface area contributed by atoms with Crippen LogP contribution in [-0.2, 0) is 16.1 Å². The predicted molar refractivity (Wildman–Crippen MR) is 101 cm³/mol. The van der Waals surface area contributed by atoms with Gasteiger partial charge in [-0.3, -0.25) is 9.59 Å². The van der Waals surface area contributed by atoms with E-state index in [1.807, 2.05) is 71.6 Å². The predicted octanol–water partition coefficient (Wildman–Crippen LogP) is 3.76. The van der Waals surface area contributed by atoms with E-state index < -0.39 is 5.41 Å². The molecular weight excluding hydrogens is 324 g/mol. The second kappa shape index (κ2) is 6.79. The van der Waals surface area contributed by atoms with Gasteiger partial charge in [-0.05, 0) is 37.0 Å². The van der Waals surface area contributed by atoms with Crippen LogP contribution in [0.15, 0.2) is 72.3 Å². The molecule has 2 aromatic carbocycles. The van der Waals surface area contributed by atoms with Gasteiger partial charge in [0.2, 0.25) is 5.91 Å². The Kier molecular flexibility index (Phi) is 4.33. The van der Waals surface area contributed by atoms with Crippen molar-refractivity contribution in [2.75, 3.05) is 11.9 Å². The van der Waals surface area contributed by atoms with E-state index in [1.54, 1.807) is 0 Å². The van der Waals surface area contributed by atoms with Crippen LogP contribution in [0.5, 0.6) is 0 Å². The lowest BCUT2D eigenvalue weighted by molar-refractivity contribution is -0.136. The van der Waals surface area contributed by atoms with Gasteiger partial charge in [0.25, 0.3) is 5.91 Å². The topological polar surface area (TPSA) is 49.4 Å². The highest BCUT2D eigenvalue weighted by molar-refractivity contribution is 6.05. The summed E-state index contributed by atoms with van der Waals surface area (Å²) in [5, 5.41) is 2.92. The van der Waals surface area contributed by atoms with E-state index in [-0.39, 0.29) is 11.8 Å². The Morgan fingerprint density at radius 2 is 1.73 bits per heavy atom. The molecule has 1 heterocycles. The van der Waals surface area contributed by atoms with Crippen molar-refractivity contribution in [3.8, 4) is 0 Å². The smallest absolute Gasteiger partial charge is 0.251 e. The summed E-state index contributed by atoms with van der Waals surface area (Å²) in [4.78, 5) is 27.5. The normalized spacial score (nSPS) is 21.9. The van der Waals surface area contributed by atoms with E-state index in [0.29, 0.717) is 19.4 Å². The minimum atomic E-state index is -0.419. The molecule has 4 nitrogen and oxygen atoms in total. The number of nitrogens with zero attached hydrogens (tertiary/aromatic N) is 1. The number of anilines is 1. The molecule has 0 saturated carbocycles. The molecule has 2 amide bonds. The summed E-state index contributed by atoms with van der Waals surface area (Å²) >= 11 is 0. The van der Waals surface area contributed by atoms with Crippen LogP contribution < -0.4 is 5.32 Å². The molecule has 1 spiro atoms. The van der Waals surface area contributed by atoms with Crippen LogP contribution in [0.2, 0.25) is 0 Å². The third-order valence-electron chi connectivity index (χ3n) is 5.41. The summed E-state index contributed by atoms with van der Waals surface area (Å²) in [7, 11) is 0. The monoisotopic (exact) mass is 346 g/mol. The van der Waals surface area contributed by atoms with Crippen LogP contribution in [0.1, 0.15) is 24.8 Å². The number of likely N-dealkylation sites (tertiary alicyclic amines) is 1. The highest BCUT2D eigenvalue weighted by atomic mass is 16.2. The maximum atomic E-state index is 13.0. The zero-order valence-corrected chi connectivity index (χ0v) is 14.7. The number of nitrogens with one attached hydrogen (secondary N) is 1. The number of hydrogen-bond acceptors (Lipinski definition) is 2. The van der Waals surface area contributed by atoms with Gasteiger partial charge in [-0.2, -0.15) is 0 Å². The maximum absolute atomic E-state index is 13.0. The fourth-order valence-electron chi connectivity index (χ4n) is 3.93. The highest BCUT2D eigenvalue weighted by Crippen LogP contribution is 2.46. The summed E-state index contributed by atoms with van der Waals surface area (Å²) in [5.41, 5.74) is 2.23. The number of amides is 2. The van der Waals surface area contributed by atoms with Crippen molar-refractivity contribution in [1.82, 2.24) is 4.90 Å². The van der Waals surface area contributed by atoms with E-state index in [0.717, 1.165) is 29.8 Å². The minimum Gasteiger partial charge on any atom is -0.338 e. The van der Waals surface area contributed by atoms with Crippen LogP contribution in [0.25, 0.3) is 0 Å². The zero-order valence-electron chi connectivity index (χ0n) is 14.7. The number of rotatable bonds is 4. The van der Waals surface area contributed by atoms with Gasteiger partial charge in [0.1, 0.15) is 0 Å². The third-order valence-corrected chi connectivity index (χ3v) is 5.41. The lowest BCUT2D eigenvalue weighted by Crippen LogP contribution is -2.33. The zero-order chi connectivity index (χ0) is 18.0. The van der Waals surface area contributed by atoms with Gasteiger partial charge in [0.15, 0.2) is 0 Å². The number of carbonyl (C=O) groups excluding carboxylic acids is 2. The molecule has 1 fully saturated rings. The molecule has 1 aliphatic heterocycles. The molecule has 2 aliphatic rings. The number of allylic oxidation sites excluding steroid dienone is 1. The number of para-hydroxylation sites is 1. The molecule has 26 heavy (non-hydrogen) atoms. The molecule has 132 valence electrons. The Labute approximate surface area is 153 Å². The summed E-state index contributed by atoms with van der Waals surface area (Å²) < 4.78 is 0. The molecular formula is C22H22N2O2. The van der Waals surface area contributed by atoms with Crippen molar-refractivity contribution in [1.29, 1.82) is 0 Å². The Morgan fingerprint density at radius 3 is 2.46 bits per heavy atom. The average Bonchev–Trinajstić information content (AvgIpc) is 3.24. The standard InChI is InChI=1S/C22H22N2O2/c25-20(23-19-9-5-2-6-10-19)18-11-12-22(15-18)13-14-24(21(22)26)16-17-7-3-1-4-8-17/h1-11H,12-16H2,(H,23,25). The quantitative estimate of drug-likeness (QED) is 0.916. The van der Waals surface area contributed by atoms with E-state index in [2.05, 4.69) is 5.32 Å². The van der Waals surface area contributed by atoms with E-state index >= 15 is 0 Å². The van der Waals surface area contributed by atoms with Crippen molar-refractivity contribution in [2.45, 2.75) is 25.8 Å². The highest BCUT2D eigenvalue weighted by Gasteiger charge is 2.49. The first kappa shape index (κ1) is 16.6. The van der Waals surface area contributed by atoms with Gasteiger partial charge < -0.3 is 10.2 Å². The largest absolute Gasteiger partial charge is 0.338 e. The molecule has 1 aliphatic carbocycles. The summed E-state index contributed by atoms with van der Waals surface area (Å²) in [6.45, 7) is 1.40. The van der Waals surface area contributed by atoms with Gasteiger partial charge in [-0.25, -0.2) is 0 Å². The first-order valence-corrected chi connectivity index (χ1v) is 9.05. The van der Waals surface area contributed by atoms with Gasteiger partial charge in [-0.1, -0.05) is 54.6 Å². The van der Waals surface area contributed by atoms with Crippen molar-refractivity contribution in [3.05, 3.63) is 77.9 Å². The Morgan fingerprint density at radius 1 is 1.04 bits per heavy atom. The Hall–Kier alpha value is -2.88. The van der Waals surface area contributed by atoms with Crippen molar-refractivity contribution in [3.63, 3.8) is 0 Å². The molecule has 1 unspecified atom stereocenters. The number of hydrogen-bond donors (Lipinski definition) is 1. The second-order valence-electron chi connectivity index (χ2n) is 7.17. The van der Waals surface area contributed by atoms with Crippen molar-refractivity contribution < 1.29 is 9.59 Å². The molecule has 1 saturated heterocycles. The van der Waals surface area contributed by atoms with Crippen LogP contribution in [-0.4, -0.2) is 23.3 Å². The first-order chi connectivity index (χ1) is 12.7. The van der Waals surface area contributed by atoms with Crippen LogP contribution in [0.4, 0.5) is 5.69 Å². The lowest BCUT2D eigenvalue weighted by Gasteiger charge is -2.23. The Balaban J connectivity index is 1.40. The second-order valence-corrected chi connectivity index (χ2v) is 7.17. The SMILES string of the molecule is O=C(Nc1ccccc1)C1=CCC2(CCN(Cc3ccccc3)C2=O)C1. The molecule has 0 bridgehead atoms. The fourth-order valence-corrected chi connectivity index (χ4v) is 3.93. The lowest BCUT2D eigenvalue weighted by atomic mass is 9.82. The molecule has 1 atom stereocenters. The Bertz CT molecular complexity index is 845. The van der Waals surface area contributed by atoms with Gasteiger partial charge in [0.05, 0.1) is 5.41 Å². The van der Waals surface area contributed by atoms with Crippen molar-refractivity contribution >= 4 is 17.5 Å². The van der Waals surface area contributed by atoms with Gasteiger partial charge >= 0.3 is 0 Å². The van der Waals surface area contributed by atoms with E-state index in [9.17, 15) is 9.59 Å². The third kappa shape index (κ3) is 3.15. The molecule has 0 radical (unpaired) electrons. The van der Waals surface area contributed by atoms with E-state index in [1.165, 1.54) is 0 Å². The fraction of sp³-hybridized carbons (Fsp3) is 0.273. The molecule has 1 N–H and O–H groups in total. The van der Waals surface area contributed by atoms with Gasteiger partial charge in [-0.15, -0.1) is 0 Å². The number of benzene rings is 2. The summed E-state index contributed by atoms with van der Waals surface area (Å²) in [5.74, 6) is 0.0856. The van der Waals surface area contributed by atoms with E-state index in [4.69, 9.17) is 0 Å². The van der Waals surface area contributed by atoms with Crippen LogP contribution in [0.3, 0.4) is 0 Å². The maximum Gasteiger partial charge on any atom is 0.251 e.